The van der Waals surface area contributed by atoms with E-state index in [2.05, 4.69) is 35.8 Å². The third-order valence-corrected chi connectivity index (χ3v) is 3.20. The molecular formula is C13H18BrClO. The molecule has 0 radical (unpaired) electrons. The Morgan fingerprint density at radius 2 is 2.06 bits per heavy atom. The molecule has 0 spiro atoms. The average molecular weight is 306 g/mol. The van der Waals surface area contributed by atoms with Crippen LogP contribution in [0.25, 0.3) is 0 Å². The second-order valence-corrected chi connectivity index (χ2v) is 5.08. The Morgan fingerprint density at radius 3 is 2.69 bits per heavy atom. The maximum atomic E-state index is 5.92. The number of ether oxygens (including phenoxy) is 1. The summed E-state index contributed by atoms with van der Waals surface area (Å²) in [6.45, 7) is 5.02. The molecule has 0 aliphatic rings. The number of alkyl halides is 1. The predicted octanol–water partition coefficient (Wildman–Crippen LogP) is 5.07. The number of unbranched alkanes of at least 4 members (excludes halogenated alkanes) is 2. The molecule has 0 unspecified atom stereocenters. The van der Waals surface area contributed by atoms with Crippen LogP contribution in [0.4, 0.5) is 0 Å². The number of hydrogen-bond acceptors (Lipinski definition) is 1. The zero-order chi connectivity index (χ0) is 12.0. The van der Waals surface area contributed by atoms with E-state index >= 15 is 0 Å². The molecule has 90 valence electrons. The van der Waals surface area contributed by atoms with Gasteiger partial charge in [0.1, 0.15) is 5.75 Å². The highest BCUT2D eigenvalue weighted by Gasteiger charge is 2.07. The van der Waals surface area contributed by atoms with Crippen LogP contribution < -0.4 is 4.74 Å². The molecule has 1 nitrogen and oxygen atoms in total. The lowest BCUT2D eigenvalue weighted by atomic mass is 10.1. The van der Waals surface area contributed by atoms with Crippen LogP contribution in [0.1, 0.15) is 37.3 Å². The number of hydrogen-bond donors (Lipinski definition) is 0. The molecule has 1 aromatic rings. The van der Waals surface area contributed by atoms with Crippen molar-refractivity contribution >= 4 is 27.5 Å². The van der Waals surface area contributed by atoms with Crippen LogP contribution in [0, 0.1) is 6.92 Å². The second-order valence-electron chi connectivity index (χ2n) is 3.90. The standard InChI is InChI=1S/C13H18BrClO/c1-3-4-5-6-16-13-10(2)7-12(14)8-11(13)9-15/h7-8H,3-6,9H2,1-2H3. The Labute approximate surface area is 111 Å². The highest BCUT2D eigenvalue weighted by Crippen LogP contribution is 2.29. The highest BCUT2D eigenvalue weighted by atomic mass is 79.9. The third-order valence-electron chi connectivity index (χ3n) is 2.45. The first-order chi connectivity index (χ1) is 7.69. The molecular weight excluding hydrogens is 287 g/mol. The van der Waals surface area contributed by atoms with Gasteiger partial charge in [0.25, 0.3) is 0 Å². The van der Waals surface area contributed by atoms with E-state index < -0.39 is 0 Å². The summed E-state index contributed by atoms with van der Waals surface area (Å²) >= 11 is 9.38. The fourth-order valence-corrected chi connectivity index (χ4v) is 2.45. The number of benzene rings is 1. The minimum atomic E-state index is 0.489. The molecule has 0 saturated carbocycles. The molecule has 0 fully saturated rings. The Balaban J connectivity index is 2.70. The maximum absolute atomic E-state index is 5.92. The summed E-state index contributed by atoms with van der Waals surface area (Å²) in [5.41, 5.74) is 2.20. The van der Waals surface area contributed by atoms with Crippen LogP contribution in [0.2, 0.25) is 0 Å². The summed E-state index contributed by atoms with van der Waals surface area (Å²) in [6, 6.07) is 4.08. The average Bonchev–Trinajstić information content (AvgIpc) is 2.26. The van der Waals surface area contributed by atoms with E-state index in [0.29, 0.717) is 5.88 Å². The monoisotopic (exact) mass is 304 g/mol. The van der Waals surface area contributed by atoms with Gasteiger partial charge in [0.15, 0.2) is 0 Å². The zero-order valence-corrected chi connectivity index (χ0v) is 12.2. The summed E-state index contributed by atoms with van der Waals surface area (Å²) in [7, 11) is 0. The molecule has 0 aliphatic heterocycles. The van der Waals surface area contributed by atoms with E-state index in [1.165, 1.54) is 12.8 Å². The van der Waals surface area contributed by atoms with E-state index in [0.717, 1.165) is 34.4 Å². The van der Waals surface area contributed by atoms with Crippen LogP contribution in [0.5, 0.6) is 5.75 Å². The fourth-order valence-electron chi connectivity index (χ4n) is 1.63. The van der Waals surface area contributed by atoms with Crippen LogP contribution in [-0.4, -0.2) is 6.61 Å². The van der Waals surface area contributed by atoms with Gasteiger partial charge in [0, 0.05) is 10.0 Å². The van der Waals surface area contributed by atoms with E-state index in [9.17, 15) is 0 Å². The summed E-state index contributed by atoms with van der Waals surface area (Å²) in [5, 5.41) is 0. The van der Waals surface area contributed by atoms with Gasteiger partial charge in [-0.25, -0.2) is 0 Å². The number of aryl methyl sites for hydroxylation is 1. The quantitative estimate of drug-likeness (QED) is 0.527. The first kappa shape index (κ1) is 13.9. The number of halogens is 2. The molecule has 0 amide bonds. The molecule has 0 atom stereocenters. The Hall–Kier alpha value is -0.210. The molecule has 0 aromatic heterocycles. The van der Waals surface area contributed by atoms with Crippen molar-refractivity contribution in [3.63, 3.8) is 0 Å². The van der Waals surface area contributed by atoms with Gasteiger partial charge in [0.2, 0.25) is 0 Å². The van der Waals surface area contributed by atoms with E-state index in [1.54, 1.807) is 0 Å². The van der Waals surface area contributed by atoms with Crippen molar-refractivity contribution in [3.05, 3.63) is 27.7 Å². The topological polar surface area (TPSA) is 9.23 Å². The normalized spacial score (nSPS) is 10.5. The van der Waals surface area contributed by atoms with Crippen molar-refractivity contribution < 1.29 is 4.74 Å². The lowest BCUT2D eigenvalue weighted by molar-refractivity contribution is 0.302. The van der Waals surface area contributed by atoms with Crippen molar-refractivity contribution in [2.24, 2.45) is 0 Å². The summed E-state index contributed by atoms with van der Waals surface area (Å²) in [6.07, 6.45) is 3.53. The van der Waals surface area contributed by atoms with Crippen molar-refractivity contribution in [1.29, 1.82) is 0 Å². The van der Waals surface area contributed by atoms with Crippen LogP contribution in [0.15, 0.2) is 16.6 Å². The zero-order valence-electron chi connectivity index (χ0n) is 9.85. The van der Waals surface area contributed by atoms with Gasteiger partial charge in [-0.05, 0) is 31.0 Å². The Morgan fingerprint density at radius 1 is 1.31 bits per heavy atom. The SMILES string of the molecule is CCCCCOc1c(C)cc(Br)cc1CCl. The molecule has 0 saturated heterocycles. The summed E-state index contributed by atoms with van der Waals surface area (Å²) in [4.78, 5) is 0. The van der Waals surface area contributed by atoms with Crippen LogP contribution >= 0.6 is 27.5 Å². The minimum Gasteiger partial charge on any atom is -0.493 e. The summed E-state index contributed by atoms with van der Waals surface area (Å²) in [5.74, 6) is 1.44. The lowest BCUT2D eigenvalue weighted by Gasteiger charge is -2.13. The number of rotatable bonds is 6. The van der Waals surface area contributed by atoms with Gasteiger partial charge in [0.05, 0.1) is 12.5 Å². The van der Waals surface area contributed by atoms with Crippen molar-refractivity contribution in [2.45, 2.75) is 39.0 Å². The minimum absolute atomic E-state index is 0.489. The lowest BCUT2D eigenvalue weighted by Crippen LogP contribution is -2.01. The van der Waals surface area contributed by atoms with Gasteiger partial charge in [-0.2, -0.15) is 0 Å². The maximum Gasteiger partial charge on any atom is 0.126 e. The summed E-state index contributed by atoms with van der Waals surface area (Å²) < 4.78 is 6.87. The van der Waals surface area contributed by atoms with Crippen LogP contribution in [0.3, 0.4) is 0 Å². The molecule has 0 N–H and O–H groups in total. The predicted molar refractivity (Wildman–Crippen MR) is 73.5 cm³/mol. The highest BCUT2D eigenvalue weighted by molar-refractivity contribution is 9.10. The van der Waals surface area contributed by atoms with Gasteiger partial charge in [-0.15, -0.1) is 11.6 Å². The smallest absolute Gasteiger partial charge is 0.126 e. The third kappa shape index (κ3) is 3.99. The van der Waals surface area contributed by atoms with Crippen molar-refractivity contribution in [2.75, 3.05) is 6.61 Å². The van der Waals surface area contributed by atoms with Gasteiger partial charge in [-0.1, -0.05) is 35.7 Å². The van der Waals surface area contributed by atoms with Crippen LogP contribution in [-0.2, 0) is 5.88 Å². The first-order valence-electron chi connectivity index (χ1n) is 5.66. The van der Waals surface area contributed by atoms with Gasteiger partial charge >= 0.3 is 0 Å². The molecule has 1 rings (SSSR count). The molecule has 16 heavy (non-hydrogen) atoms. The largest absolute Gasteiger partial charge is 0.493 e. The van der Waals surface area contributed by atoms with E-state index in [-0.39, 0.29) is 0 Å². The second kappa shape index (κ2) is 7.18. The molecule has 0 bridgehead atoms. The molecule has 1 aromatic carbocycles. The van der Waals surface area contributed by atoms with E-state index in [4.69, 9.17) is 16.3 Å². The molecule has 3 heteroatoms. The fraction of sp³-hybridized carbons (Fsp3) is 0.538. The Bertz CT molecular complexity index is 339. The Kier molecular flexibility index (Phi) is 6.22. The van der Waals surface area contributed by atoms with Gasteiger partial charge in [-0.3, -0.25) is 0 Å². The first-order valence-corrected chi connectivity index (χ1v) is 6.99. The van der Waals surface area contributed by atoms with E-state index in [1.807, 2.05) is 6.07 Å². The van der Waals surface area contributed by atoms with Crippen molar-refractivity contribution in [1.82, 2.24) is 0 Å². The molecule has 0 aliphatic carbocycles. The van der Waals surface area contributed by atoms with Gasteiger partial charge < -0.3 is 4.74 Å². The molecule has 0 heterocycles. The van der Waals surface area contributed by atoms with Crippen molar-refractivity contribution in [3.8, 4) is 5.75 Å².